The molecule has 1 aromatic heterocycles. The summed E-state index contributed by atoms with van der Waals surface area (Å²) in [6, 6.07) is 0. The highest BCUT2D eigenvalue weighted by molar-refractivity contribution is 7.99. The average Bonchev–Trinajstić information content (AvgIpc) is 3.24. The van der Waals surface area contributed by atoms with Crippen molar-refractivity contribution in [1.82, 2.24) is 25.3 Å². The molecule has 0 aliphatic carbocycles. The van der Waals surface area contributed by atoms with E-state index in [1.165, 1.54) is 5.75 Å². The van der Waals surface area contributed by atoms with E-state index >= 15 is 0 Å². The van der Waals surface area contributed by atoms with Crippen LogP contribution in [0.25, 0.3) is 0 Å². The number of nitrogens with one attached hydrogen (secondary N) is 2. The predicted molar refractivity (Wildman–Crippen MR) is 93.7 cm³/mol. The lowest BCUT2D eigenvalue weighted by Gasteiger charge is -2.36. The Balaban J connectivity index is 1.63. The quantitative estimate of drug-likeness (QED) is 0.808. The molecule has 3 atom stereocenters. The van der Waals surface area contributed by atoms with Gasteiger partial charge in [-0.25, -0.2) is 0 Å². The molecule has 2 fully saturated rings. The molecule has 2 saturated heterocycles. The van der Waals surface area contributed by atoms with Gasteiger partial charge in [-0.1, -0.05) is 0 Å². The third-order valence-electron chi connectivity index (χ3n) is 5.33. The zero-order valence-electron chi connectivity index (χ0n) is 14.2. The van der Waals surface area contributed by atoms with Gasteiger partial charge in [-0.3, -0.25) is 9.48 Å². The van der Waals surface area contributed by atoms with Crippen LogP contribution >= 0.6 is 11.8 Å². The molecule has 0 aromatic carbocycles. The van der Waals surface area contributed by atoms with Crippen LogP contribution in [0, 0.1) is 5.92 Å². The molecule has 2 aliphatic rings. The van der Waals surface area contributed by atoms with E-state index in [1.54, 1.807) is 4.68 Å². The summed E-state index contributed by atoms with van der Waals surface area (Å²) in [7, 11) is 6.15. The smallest absolute Gasteiger partial charge is 0.225 e. The summed E-state index contributed by atoms with van der Waals surface area (Å²) in [6.07, 6.45) is 5.04. The number of hydrogen-bond donors (Lipinski definition) is 2. The van der Waals surface area contributed by atoms with E-state index in [9.17, 15) is 4.79 Å². The molecule has 128 valence electrons. The van der Waals surface area contributed by atoms with E-state index in [-0.39, 0.29) is 23.3 Å². The number of likely N-dealkylation sites (N-methyl/N-ethyl adjacent to an activating group) is 1. The Bertz CT molecular complexity index is 552. The molecule has 1 aromatic rings. The molecule has 0 radical (unpaired) electrons. The van der Waals surface area contributed by atoms with Gasteiger partial charge in [0.25, 0.3) is 0 Å². The molecule has 2 aliphatic heterocycles. The Labute approximate surface area is 142 Å². The Morgan fingerprint density at radius 1 is 1.57 bits per heavy atom. The number of thioether (sulfide) groups is 1. The second-order valence-electron chi connectivity index (χ2n) is 6.96. The van der Waals surface area contributed by atoms with Crippen LogP contribution in [0.4, 0.5) is 0 Å². The highest BCUT2D eigenvalue weighted by Crippen LogP contribution is 2.32. The highest BCUT2D eigenvalue weighted by Gasteiger charge is 2.39. The first-order chi connectivity index (χ1) is 11.0. The number of aryl methyl sites for hydroxylation is 1. The molecular weight excluding hydrogens is 310 g/mol. The third kappa shape index (κ3) is 3.41. The Kier molecular flexibility index (Phi) is 4.98. The van der Waals surface area contributed by atoms with Crippen LogP contribution in [-0.2, 0) is 11.8 Å². The summed E-state index contributed by atoms with van der Waals surface area (Å²) in [4.78, 5) is 15.0. The van der Waals surface area contributed by atoms with Gasteiger partial charge in [-0.2, -0.15) is 16.9 Å². The Morgan fingerprint density at radius 3 is 3.00 bits per heavy atom. The fourth-order valence-electron chi connectivity index (χ4n) is 3.57. The molecule has 3 heterocycles. The first-order valence-corrected chi connectivity index (χ1v) is 9.39. The number of amides is 1. The number of carbonyl (C=O) groups is 1. The lowest BCUT2D eigenvalue weighted by atomic mass is 9.89. The molecule has 0 saturated carbocycles. The van der Waals surface area contributed by atoms with Crippen molar-refractivity contribution in [2.75, 3.05) is 45.2 Å². The van der Waals surface area contributed by atoms with Crippen molar-refractivity contribution in [2.45, 2.75) is 17.9 Å². The van der Waals surface area contributed by atoms with Crippen LogP contribution in [0.3, 0.4) is 0 Å². The maximum Gasteiger partial charge on any atom is 0.225 e. The van der Waals surface area contributed by atoms with Gasteiger partial charge in [-0.05, 0) is 31.8 Å². The van der Waals surface area contributed by atoms with E-state index in [4.69, 9.17) is 0 Å². The standard InChI is InChI=1S/C16H27N5OS/c1-20(2)16(4-5-23-11-16)10-18-15(22)14-8-17-7-13(14)12-6-19-21(3)9-12/h6,9,13-14,17H,4-5,7-8,10-11H2,1-3H3,(H,18,22)/t13-,14+,16?/m1/s1. The minimum Gasteiger partial charge on any atom is -0.354 e. The summed E-state index contributed by atoms with van der Waals surface area (Å²) in [5.41, 5.74) is 1.26. The Hall–Kier alpha value is -1.05. The molecule has 7 heteroatoms. The Morgan fingerprint density at radius 2 is 2.39 bits per heavy atom. The largest absolute Gasteiger partial charge is 0.354 e. The lowest BCUT2D eigenvalue weighted by Crippen LogP contribution is -2.54. The van der Waals surface area contributed by atoms with Gasteiger partial charge in [0, 0.05) is 50.1 Å². The van der Waals surface area contributed by atoms with Crippen LogP contribution in [-0.4, -0.2) is 71.4 Å². The van der Waals surface area contributed by atoms with Crippen molar-refractivity contribution >= 4 is 17.7 Å². The molecule has 3 rings (SSSR count). The van der Waals surface area contributed by atoms with E-state index < -0.39 is 0 Å². The van der Waals surface area contributed by atoms with Gasteiger partial charge in [-0.15, -0.1) is 0 Å². The molecule has 6 nitrogen and oxygen atoms in total. The number of carbonyl (C=O) groups excluding carboxylic acids is 1. The first-order valence-electron chi connectivity index (χ1n) is 8.24. The van der Waals surface area contributed by atoms with Crippen molar-refractivity contribution in [1.29, 1.82) is 0 Å². The molecular formula is C16H27N5OS. The number of rotatable bonds is 5. The summed E-state index contributed by atoms with van der Waals surface area (Å²) >= 11 is 1.98. The van der Waals surface area contributed by atoms with Crippen molar-refractivity contribution < 1.29 is 4.79 Å². The van der Waals surface area contributed by atoms with Gasteiger partial charge in [0.2, 0.25) is 5.91 Å². The highest BCUT2D eigenvalue weighted by atomic mass is 32.2. The van der Waals surface area contributed by atoms with Crippen LogP contribution in [0.1, 0.15) is 17.9 Å². The molecule has 2 N–H and O–H groups in total. The van der Waals surface area contributed by atoms with Crippen molar-refractivity contribution in [3.05, 3.63) is 18.0 Å². The van der Waals surface area contributed by atoms with Crippen LogP contribution in [0.15, 0.2) is 12.4 Å². The monoisotopic (exact) mass is 337 g/mol. The zero-order chi connectivity index (χ0) is 16.4. The first kappa shape index (κ1) is 16.8. The van der Waals surface area contributed by atoms with Gasteiger partial charge in [0.05, 0.1) is 12.1 Å². The summed E-state index contributed by atoms with van der Waals surface area (Å²) < 4.78 is 1.80. The average molecular weight is 337 g/mol. The fourth-order valence-corrected chi connectivity index (χ4v) is 5.12. The number of nitrogens with zero attached hydrogens (tertiary/aromatic N) is 3. The SMILES string of the molecule is CN(C)C1(CNC(=O)[C@H]2CNC[C@@H]2c2cnn(C)c2)CCSC1. The summed E-state index contributed by atoms with van der Waals surface area (Å²) in [5, 5.41) is 10.8. The van der Waals surface area contributed by atoms with Crippen molar-refractivity contribution in [2.24, 2.45) is 13.0 Å². The van der Waals surface area contributed by atoms with Crippen molar-refractivity contribution in [3.63, 3.8) is 0 Å². The lowest BCUT2D eigenvalue weighted by molar-refractivity contribution is -0.125. The zero-order valence-corrected chi connectivity index (χ0v) is 15.0. The molecule has 0 spiro atoms. The van der Waals surface area contributed by atoms with Gasteiger partial charge >= 0.3 is 0 Å². The molecule has 0 bridgehead atoms. The molecule has 1 amide bonds. The molecule has 23 heavy (non-hydrogen) atoms. The number of hydrogen-bond acceptors (Lipinski definition) is 5. The van der Waals surface area contributed by atoms with E-state index in [1.807, 2.05) is 31.2 Å². The third-order valence-corrected chi connectivity index (χ3v) is 6.56. The topological polar surface area (TPSA) is 62.2 Å². The van der Waals surface area contributed by atoms with Gasteiger partial charge in [0.15, 0.2) is 0 Å². The van der Waals surface area contributed by atoms with Crippen LogP contribution in [0.5, 0.6) is 0 Å². The van der Waals surface area contributed by atoms with Crippen LogP contribution < -0.4 is 10.6 Å². The minimum atomic E-state index is -0.00697. The van der Waals surface area contributed by atoms with E-state index in [0.717, 1.165) is 37.4 Å². The predicted octanol–water partition coefficient (Wildman–Crippen LogP) is 0.277. The number of aromatic nitrogens is 2. The summed E-state index contributed by atoms with van der Waals surface area (Å²) in [6.45, 7) is 2.33. The van der Waals surface area contributed by atoms with Crippen molar-refractivity contribution in [3.8, 4) is 0 Å². The second kappa shape index (κ2) is 6.83. The van der Waals surface area contributed by atoms with Gasteiger partial charge < -0.3 is 15.5 Å². The maximum atomic E-state index is 12.8. The fraction of sp³-hybridized carbons (Fsp3) is 0.750. The van der Waals surface area contributed by atoms with Gasteiger partial charge in [0.1, 0.15) is 0 Å². The van der Waals surface area contributed by atoms with Crippen LogP contribution in [0.2, 0.25) is 0 Å². The minimum absolute atomic E-state index is 0.00697. The van der Waals surface area contributed by atoms with E-state index in [2.05, 4.69) is 34.7 Å². The summed E-state index contributed by atoms with van der Waals surface area (Å²) in [5.74, 6) is 2.65. The molecule has 1 unspecified atom stereocenters. The second-order valence-corrected chi connectivity index (χ2v) is 8.06. The normalized spacial score (nSPS) is 31.0. The maximum absolute atomic E-state index is 12.8. The van der Waals surface area contributed by atoms with E-state index in [0.29, 0.717) is 0 Å².